The molecule has 0 unspecified atom stereocenters. The number of nitrogens with one attached hydrogen (secondary N) is 1. The highest BCUT2D eigenvalue weighted by molar-refractivity contribution is 6.00. The lowest BCUT2D eigenvalue weighted by molar-refractivity contribution is -0.137. The molecular weight excluding hydrogens is 361 g/mol. The number of halogens is 3. The first-order valence-electron chi connectivity index (χ1n) is 8.31. The fourth-order valence-corrected chi connectivity index (χ4v) is 2.85. The summed E-state index contributed by atoms with van der Waals surface area (Å²) in [4.78, 5) is 29.1. The number of H-pyrrole nitrogens is 1. The summed E-state index contributed by atoms with van der Waals surface area (Å²) in [7, 11) is 2.82. The van der Waals surface area contributed by atoms with Crippen LogP contribution in [0, 0.1) is 6.92 Å². The normalized spacial score (nSPS) is 11.4. The maximum Gasteiger partial charge on any atom is 0.416 e. The molecule has 0 fully saturated rings. The number of ether oxygens (including phenoxy) is 1. The number of nitrogens with zero attached hydrogens (tertiary/aromatic N) is 1. The number of aromatic nitrogens is 1. The molecule has 5 nitrogen and oxygen atoms in total. The maximum atomic E-state index is 12.8. The molecule has 8 heteroatoms. The minimum absolute atomic E-state index is 0.129. The molecule has 0 radical (unpaired) electrons. The van der Waals surface area contributed by atoms with Gasteiger partial charge < -0.3 is 14.6 Å². The van der Waals surface area contributed by atoms with Crippen molar-refractivity contribution in [2.75, 3.05) is 14.2 Å². The van der Waals surface area contributed by atoms with Crippen molar-refractivity contribution < 1.29 is 27.5 Å². The minimum atomic E-state index is -4.40. The Morgan fingerprint density at radius 3 is 2.26 bits per heavy atom. The van der Waals surface area contributed by atoms with Gasteiger partial charge in [-0.2, -0.15) is 13.2 Å². The fourth-order valence-electron chi connectivity index (χ4n) is 2.85. The number of carbonyl (C=O) groups is 2. The van der Waals surface area contributed by atoms with Crippen LogP contribution in [-0.4, -0.2) is 35.9 Å². The summed E-state index contributed by atoms with van der Waals surface area (Å²) < 4.78 is 42.7. The number of carbonyl (C=O) groups excluding carboxylic acids is 2. The van der Waals surface area contributed by atoms with E-state index in [1.807, 2.05) is 6.92 Å². The van der Waals surface area contributed by atoms with Crippen LogP contribution in [0.25, 0.3) is 0 Å². The van der Waals surface area contributed by atoms with Crippen molar-refractivity contribution in [3.63, 3.8) is 0 Å². The van der Waals surface area contributed by atoms with E-state index >= 15 is 0 Å². The molecule has 0 saturated heterocycles. The van der Waals surface area contributed by atoms with Gasteiger partial charge in [-0.1, -0.05) is 19.1 Å². The van der Waals surface area contributed by atoms with Crippen molar-refractivity contribution in [3.05, 3.63) is 57.9 Å². The number of aromatic amines is 1. The van der Waals surface area contributed by atoms with Crippen molar-refractivity contribution in [2.45, 2.75) is 33.0 Å². The fraction of sp³-hybridized carbons (Fsp3) is 0.368. The molecule has 0 atom stereocenters. The zero-order chi connectivity index (χ0) is 20.4. The van der Waals surface area contributed by atoms with Gasteiger partial charge in [0.1, 0.15) is 5.69 Å². The molecule has 0 aliphatic rings. The summed E-state index contributed by atoms with van der Waals surface area (Å²) in [5.41, 5.74) is 1.52. The number of aryl methyl sites for hydroxylation is 1. The van der Waals surface area contributed by atoms with Crippen LogP contribution in [0.3, 0.4) is 0 Å². The van der Waals surface area contributed by atoms with Crippen LogP contribution >= 0.6 is 0 Å². The van der Waals surface area contributed by atoms with Gasteiger partial charge in [-0.15, -0.1) is 0 Å². The summed E-state index contributed by atoms with van der Waals surface area (Å²) >= 11 is 0. The zero-order valence-corrected chi connectivity index (χ0v) is 15.5. The van der Waals surface area contributed by atoms with Crippen LogP contribution in [0.15, 0.2) is 24.3 Å². The van der Waals surface area contributed by atoms with Crippen LogP contribution in [0.1, 0.15) is 50.2 Å². The highest BCUT2D eigenvalue weighted by atomic mass is 19.4. The largest absolute Gasteiger partial charge is 0.465 e. The van der Waals surface area contributed by atoms with Gasteiger partial charge in [-0.3, -0.25) is 4.79 Å². The van der Waals surface area contributed by atoms with Crippen molar-refractivity contribution in [3.8, 4) is 0 Å². The molecular formula is C19H21F3N2O3. The summed E-state index contributed by atoms with van der Waals surface area (Å²) in [6, 6.07) is 4.65. The highest BCUT2D eigenvalue weighted by Gasteiger charge is 2.30. The Bertz CT molecular complexity index is 839. The van der Waals surface area contributed by atoms with Crippen LogP contribution in [0.5, 0.6) is 0 Å². The quantitative estimate of drug-likeness (QED) is 0.796. The lowest BCUT2D eigenvalue weighted by Crippen LogP contribution is -2.27. The number of amides is 1. The summed E-state index contributed by atoms with van der Waals surface area (Å²) in [6.07, 6.45) is -3.89. The number of hydrogen-bond acceptors (Lipinski definition) is 3. The van der Waals surface area contributed by atoms with E-state index in [-0.39, 0.29) is 18.1 Å². The molecule has 0 saturated carbocycles. The molecule has 1 heterocycles. The Morgan fingerprint density at radius 1 is 1.19 bits per heavy atom. The zero-order valence-electron chi connectivity index (χ0n) is 15.5. The third kappa shape index (κ3) is 4.32. The van der Waals surface area contributed by atoms with Gasteiger partial charge in [0, 0.05) is 19.3 Å². The second-order valence-corrected chi connectivity index (χ2v) is 6.18. The van der Waals surface area contributed by atoms with Gasteiger partial charge in [0.05, 0.1) is 18.2 Å². The standard InChI is InChI=1S/C19H21F3N2O3/c1-5-14-15(18(26)27-4)11(2)16(23-14)17(25)24(3)10-12-6-8-13(9-7-12)19(20,21)22/h6-9,23H,5,10H2,1-4H3. The summed E-state index contributed by atoms with van der Waals surface area (Å²) in [5.74, 6) is -0.887. The predicted molar refractivity (Wildman–Crippen MR) is 93.5 cm³/mol. The molecule has 0 aliphatic heterocycles. The highest BCUT2D eigenvalue weighted by Crippen LogP contribution is 2.29. The number of esters is 1. The van der Waals surface area contributed by atoms with Crippen molar-refractivity contribution in [1.29, 1.82) is 0 Å². The van der Waals surface area contributed by atoms with Gasteiger partial charge in [0.15, 0.2) is 0 Å². The van der Waals surface area contributed by atoms with Crippen LogP contribution in [-0.2, 0) is 23.9 Å². The van der Waals surface area contributed by atoms with Gasteiger partial charge >= 0.3 is 12.1 Å². The Kier molecular flexibility index (Phi) is 5.98. The van der Waals surface area contributed by atoms with E-state index < -0.39 is 17.7 Å². The smallest absolute Gasteiger partial charge is 0.416 e. The molecule has 1 amide bonds. The van der Waals surface area contributed by atoms with Crippen molar-refractivity contribution >= 4 is 11.9 Å². The van der Waals surface area contributed by atoms with Crippen LogP contribution in [0.2, 0.25) is 0 Å². The monoisotopic (exact) mass is 382 g/mol. The molecule has 146 valence electrons. The molecule has 0 bridgehead atoms. The van der Waals surface area contributed by atoms with Gasteiger partial charge in [0.25, 0.3) is 5.91 Å². The first-order chi connectivity index (χ1) is 12.6. The molecule has 27 heavy (non-hydrogen) atoms. The van der Waals surface area contributed by atoms with Gasteiger partial charge in [-0.05, 0) is 36.6 Å². The van der Waals surface area contributed by atoms with E-state index in [2.05, 4.69) is 4.98 Å². The first-order valence-corrected chi connectivity index (χ1v) is 8.31. The van der Waals surface area contributed by atoms with E-state index in [0.717, 1.165) is 12.1 Å². The Morgan fingerprint density at radius 2 is 1.78 bits per heavy atom. The number of benzene rings is 1. The van der Waals surface area contributed by atoms with Crippen molar-refractivity contribution in [1.82, 2.24) is 9.88 Å². The van der Waals surface area contributed by atoms with E-state index in [0.29, 0.717) is 28.8 Å². The Labute approximate surface area is 155 Å². The van der Waals surface area contributed by atoms with Crippen LogP contribution in [0.4, 0.5) is 13.2 Å². The number of hydrogen-bond donors (Lipinski definition) is 1. The number of alkyl halides is 3. The minimum Gasteiger partial charge on any atom is -0.465 e. The average Bonchev–Trinajstić information content (AvgIpc) is 2.96. The van der Waals surface area contributed by atoms with Crippen molar-refractivity contribution in [2.24, 2.45) is 0 Å². The van der Waals surface area contributed by atoms with E-state index in [9.17, 15) is 22.8 Å². The molecule has 1 aromatic carbocycles. The maximum absolute atomic E-state index is 12.8. The molecule has 2 aromatic rings. The van der Waals surface area contributed by atoms with Gasteiger partial charge in [-0.25, -0.2) is 4.79 Å². The van der Waals surface area contributed by atoms with Crippen LogP contribution < -0.4 is 0 Å². The third-order valence-corrected chi connectivity index (χ3v) is 4.33. The molecule has 0 aliphatic carbocycles. The second-order valence-electron chi connectivity index (χ2n) is 6.18. The van der Waals surface area contributed by atoms with Gasteiger partial charge in [0.2, 0.25) is 0 Å². The molecule has 0 spiro atoms. The SMILES string of the molecule is CCc1[nH]c(C(=O)N(C)Cc2ccc(C(F)(F)F)cc2)c(C)c1C(=O)OC. The van der Waals surface area contributed by atoms with E-state index in [1.165, 1.54) is 24.1 Å². The third-order valence-electron chi connectivity index (χ3n) is 4.33. The number of methoxy groups -OCH3 is 1. The summed E-state index contributed by atoms with van der Waals surface area (Å²) in [5, 5.41) is 0. The molecule has 2 rings (SSSR count). The topological polar surface area (TPSA) is 62.4 Å². The van der Waals surface area contributed by atoms with E-state index in [1.54, 1.807) is 14.0 Å². The molecule has 1 N–H and O–H groups in total. The number of rotatable bonds is 5. The lowest BCUT2D eigenvalue weighted by atomic mass is 10.1. The molecule has 1 aromatic heterocycles. The predicted octanol–water partition coefficient (Wildman–Crippen LogP) is 3.96. The average molecular weight is 382 g/mol. The van der Waals surface area contributed by atoms with E-state index in [4.69, 9.17) is 4.74 Å². The second kappa shape index (κ2) is 7.85. The first kappa shape index (κ1) is 20.5. The lowest BCUT2D eigenvalue weighted by Gasteiger charge is -2.17. The summed E-state index contributed by atoms with van der Waals surface area (Å²) in [6.45, 7) is 3.63. The Balaban J connectivity index is 2.23. The Hall–Kier alpha value is -2.77.